The number of rotatable bonds is 3. The maximum atomic E-state index is 11.4. The van der Waals surface area contributed by atoms with Gasteiger partial charge in [0.15, 0.2) is 0 Å². The summed E-state index contributed by atoms with van der Waals surface area (Å²) in [6.07, 6.45) is 0. The predicted octanol–water partition coefficient (Wildman–Crippen LogP) is 4.02. The van der Waals surface area contributed by atoms with Crippen molar-refractivity contribution in [2.24, 2.45) is 0 Å². The molecule has 0 saturated carbocycles. The van der Waals surface area contributed by atoms with Gasteiger partial charge in [-0.1, -0.05) is 45.7 Å². The lowest BCUT2D eigenvalue weighted by atomic mass is 10.3. The topological polar surface area (TPSA) is 41.1 Å². The Morgan fingerprint density at radius 2 is 2.12 bits per heavy atom. The van der Waals surface area contributed by atoms with Crippen LogP contribution in [-0.2, 0) is 0 Å². The van der Waals surface area contributed by atoms with Crippen molar-refractivity contribution >= 4 is 50.9 Å². The molecule has 0 radical (unpaired) electrons. The minimum absolute atomic E-state index is 0.337. The highest BCUT2D eigenvalue weighted by Gasteiger charge is 2.05. The molecule has 2 amide bonds. The van der Waals surface area contributed by atoms with Crippen LogP contribution < -0.4 is 10.6 Å². The number of hydrogen-bond donors (Lipinski definition) is 2. The minimum atomic E-state index is -0.371. The van der Waals surface area contributed by atoms with Crippen molar-refractivity contribution in [3.8, 4) is 0 Å². The van der Waals surface area contributed by atoms with Crippen molar-refractivity contribution in [1.82, 2.24) is 5.32 Å². The van der Waals surface area contributed by atoms with Crippen LogP contribution in [0.25, 0.3) is 0 Å². The van der Waals surface area contributed by atoms with Crippen molar-refractivity contribution < 1.29 is 4.79 Å². The van der Waals surface area contributed by atoms with Gasteiger partial charge in [-0.05, 0) is 18.2 Å². The van der Waals surface area contributed by atoms with E-state index in [0.29, 0.717) is 26.8 Å². The molecule has 0 aliphatic rings. The fourth-order valence-corrected chi connectivity index (χ4v) is 1.41. The second kappa shape index (κ2) is 6.13. The largest absolute Gasteiger partial charge is 0.333 e. The Morgan fingerprint density at radius 1 is 1.44 bits per heavy atom. The maximum Gasteiger partial charge on any atom is 0.319 e. The molecule has 1 rings (SSSR count). The zero-order valence-corrected chi connectivity index (χ0v) is 11.3. The standard InChI is InChI=1S/C10H9BrCl2N2O/c1-6(11)5-14-10(16)15-9-4-7(12)2-3-8(9)13/h2-4H,1,5H2,(H2,14,15,16). The highest BCUT2D eigenvalue weighted by Crippen LogP contribution is 2.25. The van der Waals surface area contributed by atoms with Crippen LogP contribution in [0.5, 0.6) is 0 Å². The summed E-state index contributed by atoms with van der Waals surface area (Å²) in [6, 6.07) is 4.47. The number of urea groups is 1. The smallest absolute Gasteiger partial charge is 0.319 e. The third-order valence-corrected chi connectivity index (χ3v) is 2.46. The lowest BCUT2D eigenvalue weighted by Crippen LogP contribution is -2.29. The van der Waals surface area contributed by atoms with Gasteiger partial charge in [-0.3, -0.25) is 0 Å². The number of anilines is 1. The molecule has 0 fully saturated rings. The van der Waals surface area contributed by atoms with E-state index in [4.69, 9.17) is 23.2 Å². The molecule has 1 aromatic carbocycles. The lowest BCUT2D eigenvalue weighted by molar-refractivity contribution is 0.253. The molecule has 0 aliphatic carbocycles. The molecule has 0 spiro atoms. The second-order valence-corrected chi connectivity index (χ2v) is 4.91. The van der Waals surface area contributed by atoms with Crippen LogP contribution in [-0.4, -0.2) is 12.6 Å². The summed E-state index contributed by atoms with van der Waals surface area (Å²) >= 11 is 14.8. The average molecular weight is 324 g/mol. The van der Waals surface area contributed by atoms with Gasteiger partial charge in [0.1, 0.15) is 0 Å². The van der Waals surface area contributed by atoms with Crippen molar-refractivity contribution in [3.05, 3.63) is 39.3 Å². The van der Waals surface area contributed by atoms with Crippen molar-refractivity contribution in [3.63, 3.8) is 0 Å². The summed E-state index contributed by atoms with van der Waals surface area (Å²) in [5, 5.41) is 6.09. The first-order valence-electron chi connectivity index (χ1n) is 4.32. The van der Waals surface area contributed by atoms with Crippen molar-refractivity contribution in [2.75, 3.05) is 11.9 Å². The van der Waals surface area contributed by atoms with Gasteiger partial charge in [0.2, 0.25) is 0 Å². The Bertz CT molecular complexity index is 423. The zero-order chi connectivity index (χ0) is 12.1. The SMILES string of the molecule is C=C(Br)CNC(=O)Nc1cc(Cl)ccc1Cl. The van der Waals surface area contributed by atoms with Crippen LogP contribution in [0.1, 0.15) is 0 Å². The molecule has 0 atom stereocenters. The lowest BCUT2D eigenvalue weighted by Gasteiger charge is -2.08. The van der Waals surface area contributed by atoms with Gasteiger partial charge < -0.3 is 10.6 Å². The van der Waals surface area contributed by atoms with Crippen molar-refractivity contribution in [1.29, 1.82) is 0 Å². The van der Waals surface area contributed by atoms with Gasteiger partial charge in [-0.25, -0.2) is 4.79 Å². The molecule has 86 valence electrons. The minimum Gasteiger partial charge on any atom is -0.333 e. The highest BCUT2D eigenvalue weighted by molar-refractivity contribution is 9.11. The van der Waals surface area contributed by atoms with Crippen molar-refractivity contribution in [2.45, 2.75) is 0 Å². The monoisotopic (exact) mass is 322 g/mol. The van der Waals surface area contributed by atoms with Crippen LogP contribution in [0.2, 0.25) is 10.0 Å². The van der Waals surface area contributed by atoms with Crippen LogP contribution in [0.4, 0.5) is 10.5 Å². The summed E-state index contributed by atoms with van der Waals surface area (Å²) in [5.74, 6) is 0. The first-order valence-corrected chi connectivity index (χ1v) is 5.87. The maximum absolute atomic E-state index is 11.4. The Morgan fingerprint density at radius 3 is 2.75 bits per heavy atom. The van der Waals surface area contributed by atoms with E-state index < -0.39 is 0 Å². The quantitative estimate of drug-likeness (QED) is 0.866. The molecular formula is C10H9BrCl2N2O. The van der Waals surface area contributed by atoms with Gasteiger partial charge in [-0.15, -0.1) is 0 Å². The normalized spacial score (nSPS) is 9.69. The van der Waals surface area contributed by atoms with Crippen LogP contribution in [0, 0.1) is 0 Å². The Hall–Kier alpha value is -0.710. The number of halogens is 3. The van der Waals surface area contributed by atoms with E-state index in [2.05, 4.69) is 33.1 Å². The summed E-state index contributed by atoms with van der Waals surface area (Å²) in [4.78, 5) is 11.4. The van der Waals surface area contributed by atoms with Gasteiger partial charge in [0, 0.05) is 9.51 Å². The van der Waals surface area contributed by atoms with E-state index in [1.165, 1.54) is 0 Å². The van der Waals surface area contributed by atoms with Crippen LogP contribution in [0.3, 0.4) is 0 Å². The van der Waals surface area contributed by atoms with Gasteiger partial charge in [0.25, 0.3) is 0 Å². The molecule has 0 aromatic heterocycles. The molecule has 0 bridgehead atoms. The molecule has 3 nitrogen and oxygen atoms in total. The van der Waals surface area contributed by atoms with E-state index >= 15 is 0 Å². The summed E-state index contributed by atoms with van der Waals surface area (Å²) in [7, 11) is 0. The fraction of sp³-hybridized carbons (Fsp3) is 0.100. The fourth-order valence-electron chi connectivity index (χ4n) is 0.936. The average Bonchev–Trinajstić information content (AvgIpc) is 2.20. The van der Waals surface area contributed by atoms with Gasteiger partial charge >= 0.3 is 6.03 Å². The Balaban J connectivity index is 2.62. The van der Waals surface area contributed by atoms with E-state index in [9.17, 15) is 4.79 Å². The Labute approximate surface area is 112 Å². The molecule has 0 aliphatic heterocycles. The molecule has 2 N–H and O–H groups in total. The summed E-state index contributed by atoms with van der Waals surface area (Å²) < 4.78 is 0.680. The third kappa shape index (κ3) is 4.43. The number of hydrogen-bond acceptors (Lipinski definition) is 1. The van der Waals surface area contributed by atoms with E-state index in [0.717, 1.165) is 0 Å². The number of nitrogens with one attached hydrogen (secondary N) is 2. The zero-order valence-electron chi connectivity index (χ0n) is 8.19. The highest BCUT2D eigenvalue weighted by atomic mass is 79.9. The van der Waals surface area contributed by atoms with E-state index in [-0.39, 0.29) is 6.03 Å². The van der Waals surface area contributed by atoms with E-state index in [1.807, 2.05) is 0 Å². The first kappa shape index (κ1) is 13.4. The van der Waals surface area contributed by atoms with Crippen LogP contribution in [0.15, 0.2) is 29.3 Å². The predicted molar refractivity (Wildman–Crippen MR) is 71.6 cm³/mol. The summed E-state index contributed by atoms with van der Waals surface area (Å²) in [5.41, 5.74) is 0.465. The first-order chi connectivity index (χ1) is 7.49. The van der Waals surface area contributed by atoms with E-state index in [1.54, 1.807) is 18.2 Å². The number of amides is 2. The molecule has 0 unspecified atom stereocenters. The molecule has 0 saturated heterocycles. The Kier molecular flexibility index (Phi) is 5.12. The molecule has 6 heteroatoms. The molecule has 16 heavy (non-hydrogen) atoms. The van der Waals surface area contributed by atoms with Gasteiger partial charge in [0.05, 0.1) is 17.3 Å². The van der Waals surface area contributed by atoms with Crippen LogP contribution >= 0.6 is 39.1 Å². The molecule has 1 aromatic rings. The molecular weight excluding hydrogens is 315 g/mol. The molecule has 0 heterocycles. The second-order valence-electron chi connectivity index (χ2n) is 2.95. The van der Waals surface area contributed by atoms with Gasteiger partial charge in [-0.2, -0.15) is 0 Å². The third-order valence-electron chi connectivity index (χ3n) is 1.62. The number of carbonyl (C=O) groups excluding carboxylic acids is 1. The number of benzene rings is 1. The summed E-state index contributed by atoms with van der Waals surface area (Å²) in [6.45, 7) is 3.93. The number of carbonyl (C=O) groups is 1.